The summed E-state index contributed by atoms with van der Waals surface area (Å²) in [5.74, 6) is 0.340. The number of alkyl halides is 2. The molecule has 0 radical (unpaired) electrons. The van der Waals surface area contributed by atoms with Gasteiger partial charge in [0.25, 0.3) is 0 Å². The third kappa shape index (κ3) is 4.87. The molecule has 1 aromatic carbocycles. The highest BCUT2D eigenvalue weighted by atomic mass is 32.1. The first-order valence-corrected chi connectivity index (χ1v) is 11.0. The summed E-state index contributed by atoms with van der Waals surface area (Å²) in [6.07, 6.45) is 3.02. The zero-order valence-corrected chi connectivity index (χ0v) is 17.9. The van der Waals surface area contributed by atoms with Gasteiger partial charge in [-0.05, 0) is 38.3 Å². The Morgan fingerprint density at radius 1 is 1.16 bits per heavy atom. The number of halogens is 2. The highest BCUT2D eigenvalue weighted by molar-refractivity contribution is 7.14. The zero-order chi connectivity index (χ0) is 21.8. The van der Waals surface area contributed by atoms with Crippen molar-refractivity contribution in [1.82, 2.24) is 25.1 Å². The van der Waals surface area contributed by atoms with Gasteiger partial charge in [0.2, 0.25) is 5.95 Å². The van der Waals surface area contributed by atoms with Crippen molar-refractivity contribution >= 4 is 40.0 Å². The number of carbonyl (C=O) groups is 1. The quantitative estimate of drug-likeness (QED) is 0.588. The predicted octanol–water partition coefficient (Wildman–Crippen LogP) is 4.19. The molecule has 3 heterocycles. The lowest BCUT2D eigenvalue weighted by atomic mass is 10.1. The van der Waals surface area contributed by atoms with E-state index in [2.05, 4.69) is 30.8 Å². The second-order valence-corrected chi connectivity index (χ2v) is 8.56. The Kier molecular flexibility index (Phi) is 6.50. The van der Waals surface area contributed by atoms with Crippen molar-refractivity contribution in [3.8, 4) is 10.6 Å². The molecule has 0 spiro atoms. The van der Waals surface area contributed by atoms with E-state index < -0.39 is 19.4 Å². The minimum Gasteiger partial charge on any atom is -0.361 e. The summed E-state index contributed by atoms with van der Waals surface area (Å²) in [6.45, 7) is 1.45. The molecular weight excluding hydrogens is 424 g/mol. The van der Waals surface area contributed by atoms with E-state index in [9.17, 15) is 13.6 Å². The number of nitrogens with one attached hydrogen (secondary N) is 2. The van der Waals surface area contributed by atoms with Crippen LogP contribution in [0.1, 0.15) is 24.3 Å². The average molecular weight is 448 g/mol. The molecule has 31 heavy (non-hydrogen) atoms. The molecule has 0 saturated carbocycles. The number of hydrogen-bond donors (Lipinski definition) is 2. The number of piperidine rings is 1. The van der Waals surface area contributed by atoms with Crippen molar-refractivity contribution in [3.05, 3.63) is 23.2 Å². The highest BCUT2D eigenvalue weighted by Crippen LogP contribution is 2.30. The standard InChI is InChI=1S/C20H23F2N7OS/c1-12-27-28-18(31-12)13-5-6-15-16(9-13)24-19(25-17(15)23-14(10-21)11-22)26-20(30)29-7-3-2-4-8-29/h5-6,9,14H,2-4,7-8,10-11H2,1H3,(H2,23,24,25,26,30). The minimum absolute atomic E-state index is 0.0765. The number of nitrogens with zero attached hydrogens (tertiary/aromatic N) is 5. The largest absolute Gasteiger partial charge is 0.361 e. The molecular formula is C20H23F2N7OS. The van der Waals surface area contributed by atoms with Gasteiger partial charge in [0.05, 0.1) is 11.6 Å². The fraction of sp³-hybridized carbons (Fsp3) is 0.450. The van der Waals surface area contributed by atoms with Crippen LogP contribution in [0.5, 0.6) is 0 Å². The topological polar surface area (TPSA) is 95.9 Å². The molecule has 0 atom stereocenters. The van der Waals surface area contributed by atoms with Crippen LogP contribution in [0.15, 0.2) is 18.2 Å². The number of aryl methyl sites for hydroxylation is 1. The van der Waals surface area contributed by atoms with Crippen LogP contribution < -0.4 is 10.6 Å². The smallest absolute Gasteiger partial charge is 0.324 e. The monoisotopic (exact) mass is 447 g/mol. The molecule has 0 bridgehead atoms. The summed E-state index contributed by atoms with van der Waals surface area (Å²) in [5.41, 5.74) is 1.33. The zero-order valence-electron chi connectivity index (χ0n) is 17.1. The first-order valence-electron chi connectivity index (χ1n) is 10.1. The molecule has 2 amide bonds. The number of fused-ring (bicyclic) bond motifs is 1. The summed E-state index contributed by atoms with van der Waals surface area (Å²) in [7, 11) is 0. The van der Waals surface area contributed by atoms with Gasteiger partial charge in [0.1, 0.15) is 29.2 Å². The lowest BCUT2D eigenvalue weighted by molar-refractivity contribution is 0.200. The van der Waals surface area contributed by atoms with E-state index in [1.165, 1.54) is 11.3 Å². The number of urea groups is 1. The maximum atomic E-state index is 13.1. The summed E-state index contributed by atoms with van der Waals surface area (Å²) >= 11 is 1.45. The Hall–Kier alpha value is -2.95. The van der Waals surface area contributed by atoms with E-state index >= 15 is 0 Å². The van der Waals surface area contributed by atoms with Crippen molar-refractivity contribution in [2.24, 2.45) is 0 Å². The van der Waals surface area contributed by atoms with Crippen molar-refractivity contribution in [2.75, 3.05) is 37.1 Å². The third-order valence-corrected chi connectivity index (χ3v) is 5.93. The van der Waals surface area contributed by atoms with Crippen LogP contribution in [0, 0.1) is 6.92 Å². The molecule has 164 valence electrons. The average Bonchev–Trinajstić information content (AvgIpc) is 3.23. The lowest BCUT2D eigenvalue weighted by Crippen LogP contribution is -2.39. The van der Waals surface area contributed by atoms with E-state index in [1.807, 2.05) is 13.0 Å². The Morgan fingerprint density at radius 3 is 2.61 bits per heavy atom. The van der Waals surface area contributed by atoms with Crippen LogP contribution in [-0.4, -0.2) is 63.6 Å². The molecule has 11 heteroatoms. The number of rotatable bonds is 6. The van der Waals surface area contributed by atoms with Crippen molar-refractivity contribution in [1.29, 1.82) is 0 Å². The highest BCUT2D eigenvalue weighted by Gasteiger charge is 2.20. The van der Waals surface area contributed by atoms with E-state index in [0.29, 0.717) is 24.0 Å². The van der Waals surface area contributed by atoms with Gasteiger partial charge in [-0.25, -0.2) is 18.6 Å². The van der Waals surface area contributed by atoms with Crippen molar-refractivity contribution in [3.63, 3.8) is 0 Å². The summed E-state index contributed by atoms with van der Waals surface area (Å²) in [6, 6.07) is 4.09. The molecule has 0 unspecified atom stereocenters. The van der Waals surface area contributed by atoms with Gasteiger partial charge in [-0.2, -0.15) is 4.98 Å². The fourth-order valence-corrected chi connectivity index (χ4v) is 4.11. The molecule has 1 fully saturated rings. The lowest BCUT2D eigenvalue weighted by Gasteiger charge is -2.26. The molecule has 1 saturated heterocycles. The first kappa shape index (κ1) is 21.3. The van der Waals surface area contributed by atoms with Crippen molar-refractivity contribution < 1.29 is 13.6 Å². The summed E-state index contributed by atoms with van der Waals surface area (Å²) < 4.78 is 26.3. The van der Waals surface area contributed by atoms with E-state index in [0.717, 1.165) is 34.8 Å². The first-order chi connectivity index (χ1) is 15.1. The van der Waals surface area contributed by atoms with Crippen molar-refractivity contribution in [2.45, 2.75) is 32.2 Å². The molecule has 3 aromatic rings. The fourth-order valence-electron chi connectivity index (χ4n) is 3.43. The van der Waals surface area contributed by atoms with Gasteiger partial charge in [-0.3, -0.25) is 5.32 Å². The van der Waals surface area contributed by atoms with Crippen LogP contribution >= 0.6 is 11.3 Å². The molecule has 2 aromatic heterocycles. The van der Waals surface area contributed by atoms with Gasteiger partial charge in [-0.15, -0.1) is 10.2 Å². The second-order valence-electron chi connectivity index (χ2n) is 7.38. The predicted molar refractivity (Wildman–Crippen MR) is 117 cm³/mol. The van der Waals surface area contributed by atoms with Crippen LogP contribution in [-0.2, 0) is 0 Å². The molecule has 2 N–H and O–H groups in total. The van der Waals surface area contributed by atoms with Gasteiger partial charge >= 0.3 is 6.03 Å². The normalized spacial score (nSPS) is 14.3. The maximum Gasteiger partial charge on any atom is 0.324 e. The summed E-state index contributed by atoms with van der Waals surface area (Å²) in [5, 5.41) is 15.9. The maximum absolute atomic E-state index is 13.1. The Balaban J connectivity index is 1.70. The van der Waals surface area contributed by atoms with Crippen LogP contribution in [0.2, 0.25) is 0 Å². The van der Waals surface area contributed by atoms with Crippen LogP contribution in [0.4, 0.5) is 25.3 Å². The number of likely N-dealkylation sites (tertiary alicyclic amines) is 1. The number of amides is 2. The number of anilines is 2. The molecule has 4 rings (SSSR count). The van der Waals surface area contributed by atoms with Crippen LogP contribution in [0.3, 0.4) is 0 Å². The minimum atomic E-state index is -1.03. The Morgan fingerprint density at radius 2 is 1.94 bits per heavy atom. The molecule has 1 aliphatic heterocycles. The molecule has 1 aliphatic rings. The van der Waals surface area contributed by atoms with Gasteiger partial charge in [-0.1, -0.05) is 17.4 Å². The third-order valence-electron chi connectivity index (χ3n) is 5.05. The van der Waals surface area contributed by atoms with E-state index in [1.54, 1.807) is 17.0 Å². The SMILES string of the molecule is Cc1nnc(-c2ccc3c(NC(CF)CF)nc(NC(=O)N4CCCCC4)nc3c2)s1. The number of carbonyl (C=O) groups excluding carboxylic acids is 1. The number of hydrogen-bond acceptors (Lipinski definition) is 7. The van der Waals surface area contributed by atoms with Crippen LogP contribution in [0.25, 0.3) is 21.5 Å². The molecule has 0 aliphatic carbocycles. The van der Waals surface area contributed by atoms with E-state index in [4.69, 9.17) is 0 Å². The molecule has 8 nitrogen and oxygen atoms in total. The summed E-state index contributed by atoms with van der Waals surface area (Å²) in [4.78, 5) is 23.2. The Labute approximate surface area is 182 Å². The van der Waals surface area contributed by atoms with E-state index in [-0.39, 0.29) is 17.8 Å². The Bertz CT molecular complexity index is 1070. The number of benzene rings is 1. The van der Waals surface area contributed by atoms with Gasteiger partial charge in [0, 0.05) is 24.0 Å². The van der Waals surface area contributed by atoms with Gasteiger partial charge < -0.3 is 10.2 Å². The second kappa shape index (κ2) is 9.46. The number of aromatic nitrogens is 4. The van der Waals surface area contributed by atoms with Gasteiger partial charge in [0.15, 0.2) is 0 Å².